The van der Waals surface area contributed by atoms with Crippen LogP contribution in [0.3, 0.4) is 0 Å². The number of hydrogen-bond acceptors (Lipinski definition) is 7. The van der Waals surface area contributed by atoms with Crippen LogP contribution in [-0.2, 0) is 28.9 Å². The molecule has 10 heteroatoms. The highest BCUT2D eigenvalue weighted by atomic mass is 35.5. The highest BCUT2D eigenvalue weighted by Gasteiger charge is 2.22. The maximum absolute atomic E-state index is 12.5. The number of carboxylic acids is 1. The molecule has 1 aliphatic rings. The molecule has 1 atom stereocenters. The third kappa shape index (κ3) is 4.42. The first kappa shape index (κ1) is 22.8. The van der Waals surface area contributed by atoms with Crippen molar-refractivity contribution in [3.8, 4) is 11.5 Å². The number of H-pyrrole nitrogens is 1. The molecule has 2 aromatic heterocycles. The van der Waals surface area contributed by atoms with Crippen molar-refractivity contribution in [3.63, 3.8) is 0 Å². The molecule has 0 bridgehead atoms. The average molecular weight is 496 g/mol. The Kier molecular flexibility index (Phi) is 5.86. The summed E-state index contributed by atoms with van der Waals surface area (Å²) >= 11 is 6.34. The van der Waals surface area contributed by atoms with Gasteiger partial charge in [0.25, 0.3) is 5.91 Å². The van der Waals surface area contributed by atoms with Crippen LogP contribution in [0.2, 0.25) is 5.02 Å². The number of phenolic OH excluding ortho intramolecular Hbond substituents is 1. The van der Waals surface area contributed by atoms with Crippen molar-refractivity contribution in [1.29, 1.82) is 0 Å². The molecule has 0 unspecified atom stereocenters. The van der Waals surface area contributed by atoms with Crippen molar-refractivity contribution in [2.45, 2.75) is 31.7 Å². The largest absolute Gasteiger partial charge is 0.548 e. The van der Waals surface area contributed by atoms with Crippen molar-refractivity contribution in [1.82, 2.24) is 10.3 Å². The summed E-state index contributed by atoms with van der Waals surface area (Å²) in [6.07, 6.45) is 3.85. The Morgan fingerprint density at radius 3 is 2.80 bits per heavy atom. The molecule has 1 aliphatic carbocycles. The van der Waals surface area contributed by atoms with Crippen LogP contribution in [0.4, 0.5) is 0 Å². The minimum Gasteiger partial charge on any atom is -0.548 e. The SMILES string of the molecule is O=C(COc1cc2oc(=O)c3c(c2cc1Cl)CCC3)N[C@@H](Cc1c[nH]c2ccc(O)cc12)C(=O)[O-]. The molecule has 0 fully saturated rings. The second kappa shape index (κ2) is 8.99. The first-order valence-electron chi connectivity index (χ1n) is 11.0. The summed E-state index contributed by atoms with van der Waals surface area (Å²) in [7, 11) is 0. The standard InChI is InChI=1S/C25H21ClN2O7/c26-18-8-17-14-2-1-3-15(14)25(33)35-21(17)9-22(18)34-11-23(30)28-20(24(31)32)6-12-10-27-19-5-4-13(29)7-16(12)19/h4-5,7-10,20,27,29H,1-3,6,11H2,(H,28,30)(H,31,32)/p-1/t20-/m0/s1. The number of carbonyl (C=O) groups is 2. The number of aromatic nitrogens is 1. The van der Waals surface area contributed by atoms with E-state index in [4.69, 9.17) is 20.8 Å². The van der Waals surface area contributed by atoms with Gasteiger partial charge in [0.05, 0.1) is 17.0 Å². The lowest BCUT2D eigenvalue weighted by Gasteiger charge is -2.20. The molecule has 1 amide bonds. The number of benzene rings is 2. The van der Waals surface area contributed by atoms with Gasteiger partial charge in [-0.25, -0.2) is 4.79 Å². The number of nitrogens with one attached hydrogen (secondary N) is 2. The molecule has 0 radical (unpaired) electrons. The van der Waals surface area contributed by atoms with Gasteiger partial charge in [-0.2, -0.15) is 0 Å². The summed E-state index contributed by atoms with van der Waals surface area (Å²) in [5, 5.41) is 25.4. The number of halogens is 1. The Morgan fingerprint density at radius 2 is 2.00 bits per heavy atom. The van der Waals surface area contributed by atoms with Crippen LogP contribution in [0.5, 0.6) is 11.5 Å². The monoisotopic (exact) mass is 495 g/mol. The zero-order valence-corrected chi connectivity index (χ0v) is 19.1. The van der Waals surface area contributed by atoms with E-state index >= 15 is 0 Å². The topological polar surface area (TPSA) is 145 Å². The predicted molar refractivity (Wildman–Crippen MR) is 126 cm³/mol. The fourth-order valence-electron chi connectivity index (χ4n) is 4.52. The summed E-state index contributed by atoms with van der Waals surface area (Å²) < 4.78 is 10.9. The van der Waals surface area contributed by atoms with Gasteiger partial charge in [-0.1, -0.05) is 11.6 Å². The van der Waals surface area contributed by atoms with Gasteiger partial charge in [0, 0.05) is 40.5 Å². The number of fused-ring (bicyclic) bond motifs is 4. The number of rotatable bonds is 7. The number of phenols is 1. The maximum Gasteiger partial charge on any atom is 0.339 e. The van der Waals surface area contributed by atoms with Crippen molar-refractivity contribution in [3.05, 3.63) is 68.7 Å². The molecule has 180 valence electrons. The summed E-state index contributed by atoms with van der Waals surface area (Å²) in [5.41, 5.74) is 2.81. The molecule has 0 spiro atoms. The van der Waals surface area contributed by atoms with Crippen molar-refractivity contribution in [2.75, 3.05) is 6.61 Å². The molecule has 0 aliphatic heterocycles. The lowest BCUT2D eigenvalue weighted by Crippen LogP contribution is -2.50. The molecule has 0 saturated heterocycles. The summed E-state index contributed by atoms with van der Waals surface area (Å²) in [4.78, 5) is 39.4. The molecule has 2 heterocycles. The normalized spacial score (nSPS) is 13.6. The van der Waals surface area contributed by atoms with Gasteiger partial charge < -0.3 is 34.5 Å². The number of aromatic hydroxyl groups is 1. The summed E-state index contributed by atoms with van der Waals surface area (Å²) in [6.45, 7) is -0.515. The average Bonchev–Trinajstić information content (AvgIpc) is 3.46. The Hall–Kier alpha value is -3.98. The minimum absolute atomic E-state index is 0.0360. The van der Waals surface area contributed by atoms with Gasteiger partial charge in [0.2, 0.25) is 0 Å². The van der Waals surface area contributed by atoms with Crippen LogP contribution in [0, 0.1) is 0 Å². The number of carboxylic acid groups (broad SMARTS) is 1. The molecule has 35 heavy (non-hydrogen) atoms. The van der Waals surface area contributed by atoms with Crippen molar-refractivity contribution < 1.29 is 29.0 Å². The lowest BCUT2D eigenvalue weighted by atomic mass is 10.0. The van der Waals surface area contributed by atoms with Gasteiger partial charge in [-0.3, -0.25) is 4.79 Å². The second-order valence-electron chi connectivity index (χ2n) is 8.45. The van der Waals surface area contributed by atoms with E-state index < -0.39 is 30.2 Å². The number of aryl methyl sites for hydroxylation is 1. The van der Waals surface area contributed by atoms with Gasteiger partial charge in [-0.15, -0.1) is 0 Å². The first-order chi connectivity index (χ1) is 16.8. The first-order valence-corrected chi connectivity index (χ1v) is 11.4. The Labute approximate surface area is 203 Å². The number of carbonyl (C=O) groups excluding carboxylic acids is 2. The molecule has 3 N–H and O–H groups in total. The number of aromatic amines is 1. The molecule has 4 aromatic rings. The summed E-state index contributed by atoms with van der Waals surface area (Å²) in [6, 6.07) is 6.45. The van der Waals surface area contributed by atoms with Crippen LogP contribution in [-0.4, -0.2) is 34.6 Å². The van der Waals surface area contributed by atoms with E-state index in [9.17, 15) is 24.6 Å². The number of amides is 1. The van der Waals surface area contributed by atoms with Crippen molar-refractivity contribution in [2.24, 2.45) is 0 Å². The van der Waals surface area contributed by atoms with E-state index in [1.165, 1.54) is 18.2 Å². The molecule has 2 aromatic carbocycles. The van der Waals surface area contributed by atoms with Crippen LogP contribution >= 0.6 is 11.6 Å². The predicted octanol–water partition coefficient (Wildman–Crippen LogP) is 1.98. The van der Waals surface area contributed by atoms with E-state index in [-0.39, 0.29) is 22.9 Å². The lowest BCUT2D eigenvalue weighted by molar-refractivity contribution is -0.308. The van der Waals surface area contributed by atoms with Crippen LogP contribution < -0.4 is 20.8 Å². The van der Waals surface area contributed by atoms with Gasteiger partial charge in [-0.05, 0) is 54.7 Å². The van der Waals surface area contributed by atoms with Crippen LogP contribution in [0.15, 0.2) is 45.7 Å². The van der Waals surface area contributed by atoms with E-state index in [2.05, 4.69) is 10.3 Å². The molecule has 0 saturated carbocycles. The summed E-state index contributed by atoms with van der Waals surface area (Å²) in [5.74, 6) is -2.00. The van der Waals surface area contributed by atoms with Crippen LogP contribution in [0.1, 0.15) is 23.1 Å². The molecule has 5 rings (SSSR count). The van der Waals surface area contributed by atoms with Crippen molar-refractivity contribution >= 4 is 45.3 Å². The fraction of sp³-hybridized carbons (Fsp3) is 0.240. The van der Waals surface area contributed by atoms with E-state index in [1.54, 1.807) is 18.3 Å². The fourth-order valence-corrected chi connectivity index (χ4v) is 4.74. The number of aliphatic carboxylic acids is 1. The zero-order valence-electron chi connectivity index (χ0n) is 18.4. The molecular weight excluding hydrogens is 476 g/mol. The van der Waals surface area contributed by atoms with Gasteiger partial charge in [0.15, 0.2) is 6.61 Å². The van der Waals surface area contributed by atoms with E-state index in [0.717, 1.165) is 23.8 Å². The third-order valence-corrected chi connectivity index (χ3v) is 6.48. The molecule has 9 nitrogen and oxygen atoms in total. The number of ether oxygens (including phenoxy) is 1. The second-order valence-corrected chi connectivity index (χ2v) is 8.86. The van der Waals surface area contributed by atoms with E-state index in [0.29, 0.717) is 34.0 Å². The van der Waals surface area contributed by atoms with Crippen LogP contribution in [0.25, 0.3) is 21.9 Å². The van der Waals surface area contributed by atoms with Gasteiger partial charge >= 0.3 is 5.63 Å². The Balaban J connectivity index is 1.29. The highest BCUT2D eigenvalue weighted by molar-refractivity contribution is 6.32. The van der Waals surface area contributed by atoms with Gasteiger partial charge in [0.1, 0.15) is 17.1 Å². The van der Waals surface area contributed by atoms with E-state index in [1.807, 2.05) is 0 Å². The Morgan fingerprint density at radius 1 is 1.20 bits per heavy atom. The number of hydrogen-bond donors (Lipinski definition) is 3. The zero-order chi connectivity index (χ0) is 24.7. The third-order valence-electron chi connectivity index (χ3n) is 6.18. The minimum atomic E-state index is -1.47. The Bertz CT molecular complexity index is 1540. The highest BCUT2D eigenvalue weighted by Crippen LogP contribution is 2.34. The smallest absolute Gasteiger partial charge is 0.339 e. The quantitative estimate of drug-likeness (QED) is 0.332. The molecular formula is C25H20ClN2O7-. The maximum atomic E-state index is 12.5.